The van der Waals surface area contributed by atoms with E-state index < -0.39 is 75.2 Å². The third kappa shape index (κ3) is 13.3. The van der Waals surface area contributed by atoms with Gasteiger partial charge in [0.15, 0.2) is 0 Å². The molecule has 0 saturated carbocycles. The smallest absolute Gasteiger partial charge is 0.428 e. The van der Waals surface area contributed by atoms with Crippen LogP contribution in [0.5, 0.6) is 0 Å². The van der Waals surface area contributed by atoms with Crippen LogP contribution in [-0.2, 0) is 41.0 Å². The first-order valence-electron chi connectivity index (χ1n) is 16.9. The predicted octanol–water partition coefficient (Wildman–Crippen LogP) is -1.83. The number of nitrogens with zero attached hydrogens (tertiary/aromatic N) is 3. The molecule has 0 aliphatic carbocycles. The Morgan fingerprint density at radius 2 is 0.828 bits per heavy atom. The average molecular weight is 884 g/mol. The Hall–Kier alpha value is -3.42. The number of hydrogen-bond donors (Lipinski definition) is 2. The van der Waals surface area contributed by atoms with Crippen molar-refractivity contribution < 1.29 is 85.4 Å². The second-order valence-corrected chi connectivity index (χ2v) is 17.4. The van der Waals surface area contributed by atoms with Gasteiger partial charge in [0.2, 0.25) is 5.91 Å². The Bertz CT molecular complexity index is 1780. The fraction of sp³-hybridized carbons (Fsp3) is 0.382. The summed E-state index contributed by atoms with van der Waals surface area (Å²) in [6.45, 7) is -0.845. The van der Waals surface area contributed by atoms with Gasteiger partial charge in [-0.05, 0) is 97.0 Å². The fourth-order valence-electron chi connectivity index (χ4n) is 5.12. The van der Waals surface area contributed by atoms with E-state index in [9.17, 15) is 75.6 Å². The Kier molecular flexibility index (Phi) is 16.7. The molecule has 58 heavy (non-hydrogen) atoms. The summed E-state index contributed by atoms with van der Waals surface area (Å²) in [5.74, 6) is -1.88. The molecule has 0 aliphatic rings. The first kappa shape index (κ1) is 48.9. The summed E-state index contributed by atoms with van der Waals surface area (Å²) in [5.41, 5.74) is -15.7. The van der Waals surface area contributed by atoms with Crippen LogP contribution in [0.1, 0.15) is 52.6 Å². The number of amides is 1. The van der Waals surface area contributed by atoms with Crippen LogP contribution >= 0.6 is 23.8 Å². The van der Waals surface area contributed by atoms with E-state index in [0.717, 1.165) is 72.8 Å². The molecule has 0 unspecified atom stereocenters. The highest BCUT2D eigenvalue weighted by Gasteiger charge is 2.55. The van der Waals surface area contributed by atoms with Crippen molar-refractivity contribution in [3.05, 3.63) is 106 Å². The van der Waals surface area contributed by atoms with Gasteiger partial charge in [-0.15, -0.1) is 0 Å². The Morgan fingerprint density at radius 1 is 0.534 bits per heavy atom. The van der Waals surface area contributed by atoms with Gasteiger partial charge in [0.25, 0.3) is 0 Å². The van der Waals surface area contributed by atoms with Crippen LogP contribution in [0.2, 0.25) is 0 Å². The van der Waals surface area contributed by atoms with E-state index in [0.29, 0.717) is 16.7 Å². The Labute approximate surface area is 329 Å². The number of halogens is 6. The van der Waals surface area contributed by atoms with Gasteiger partial charge in [-0.1, -0.05) is 52.3 Å². The molecule has 0 aliphatic heterocycles. The van der Waals surface area contributed by atoms with Gasteiger partial charge >= 0.3 is 24.9 Å². The van der Waals surface area contributed by atoms with Gasteiger partial charge < -0.3 is 59.4 Å². The van der Waals surface area contributed by atoms with Crippen molar-refractivity contribution in [2.75, 3.05) is 26.2 Å². The number of aliphatic imine (C=N–C) groups is 2. The molecule has 0 radical (unpaired) electrons. The van der Waals surface area contributed by atoms with Crippen molar-refractivity contribution in [2.24, 2.45) is 9.98 Å². The van der Waals surface area contributed by atoms with E-state index in [4.69, 9.17) is 9.79 Å². The molecule has 3 aromatic rings. The molecule has 0 heterocycles. The van der Waals surface area contributed by atoms with Crippen LogP contribution in [-0.4, -0.2) is 58.6 Å². The van der Waals surface area contributed by atoms with Gasteiger partial charge in [0.1, 0.15) is 0 Å². The highest BCUT2D eigenvalue weighted by atomic mass is 31.2. The van der Waals surface area contributed by atoms with Crippen molar-refractivity contribution in [1.82, 2.24) is 4.90 Å². The van der Waals surface area contributed by atoms with Crippen molar-refractivity contribution in [3.63, 3.8) is 0 Å². The minimum atomic E-state index is -6.28. The van der Waals surface area contributed by atoms with Crippen molar-refractivity contribution in [2.45, 2.75) is 55.5 Å². The van der Waals surface area contributed by atoms with Crippen molar-refractivity contribution in [3.8, 4) is 0 Å². The molecule has 2 N–H and O–H groups in total. The minimum absolute atomic E-state index is 0.0118. The summed E-state index contributed by atoms with van der Waals surface area (Å²) >= 11 is 0. The topological polar surface area (TPSA) is 293 Å². The number of benzene rings is 3. The lowest BCUT2D eigenvalue weighted by atomic mass is 10.1. The fourth-order valence-corrected chi connectivity index (χ4v) is 6.54. The normalized spacial score (nSPS) is 13.8. The van der Waals surface area contributed by atoms with E-state index in [-0.39, 0.29) is 64.7 Å². The van der Waals surface area contributed by atoms with E-state index >= 15 is 0 Å². The zero-order valence-electron chi connectivity index (χ0n) is 29.9. The third-order valence-corrected chi connectivity index (χ3v) is 11.4. The molecule has 320 valence electrons. The van der Waals surface area contributed by atoms with E-state index in [1.54, 1.807) is 0 Å². The van der Waals surface area contributed by atoms with Crippen LogP contribution in [0.4, 0.5) is 26.3 Å². The summed E-state index contributed by atoms with van der Waals surface area (Å²) in [4.78, 5) is 116. The summed E-state index contributed by atoms with van der Waals surface area (Å²) < 4.78 is 83.2. The molecule has 3 rings (SSSR count). The van der Waals surface area contributed by atoms with Crippen molar-refractivity contribution in [1.29, 1.82) is 0 Å². The lowest BCUT2D eigenvalue weighted by Gasteiger charge is -2.46. The number of alkyl halides is 6. The molecule has 15 nitrogen and oxygen atoms in total. The zero-order chi connectivity index (χ0) is 43.7. The number of rotatable bonds is 21. The van der Waals surface area contributed by atoms with E-state index in [1.807, 2.05) is 0 Å². The summed E-state index contributed by atoms with van der Waals surface area (Å²) in [6, 6.07) is 11.3. The number of carbonyl (C=O) groups excluding carboxylic acids is 1. The Morgan fingerprint density at radius 3 is 1.12 bits per heavy atom. The van der Waals surface area contributed by atoms with Crippen LogP contribution in [0.15, 0.2) is 82.8 Å². The molecule has 0 saturated heterocycles. The summed E-state index contributed by atoms with van der Waals surface area (Å²) in [7, 11) is -18.4. The minimum Gasteiger partial charge on any atom is -0.862 e. The summed E-state index contributed by atoms with van der Waals surface area (Å²) in [6.07, 6.45) is -0.738. The molecule has 24 heteroatoms. The van der Waals surface area contributed by atoms with E-state index in [2.05, 4.69) is 9.98 Å². The quantitative estimate of drug-likeness (QED) is 0.0517. The molecular formula is C34H34F6N3O12P3-6. The first-order valence-corrected chi connectivity index (χ1v) is 21.6. The monoisotopic (exact) mass is 883 g/mol. The van der Waals surface area contributed by atoms with Gasteiger partial charge in [0, 0.05) is 19.5 Å². The SMILES string of the molecule is O=C(CCc1ccc(C(F)(F)[P+]([O-])(O)O)cc1)N(CCN=C([O-])CCc1ccc(C(F)(F)[P+]([O-])([O-])[O-])cc1)CCN=C([O-])CCc1ccc(C(F)(F)[P+]([O-])([O-])[O-])cc1. The van der Waals surface area contributed by atoms with Gasteiger partial charge in [-0.25, -0.2) is 9.79 Å². The maximum Gasteiger partial charge on any atom is 0.428 e. The summed E-state index contributed by atoms with van der Waals surface area (Å²) in [5, 5.41) is 24.9. The molecule has 1 amide bonds. The van der Waals surface area contributed by atoms with Crippen molar-refractivity contribution >= 4 is 41.5 Å². The first-order chi connectivity index (χ1) is 26.7. The lowest BCUT2D eigenvalue weighted by Crippen LogP contribution is -2.43. The van der Waals surface area contributed by atoms with Gasteiger partial charge in [-0.2, -0.15) is 26.3 Å². The zero-order valence-corrected chi connectivity index (χ0v) is 32.6. The van der Waals surface area contributed by atoms with E-state index in [1.165, 1.54) is 4.90 Å². The maximum atomic E-state index is 14.0. The molecule has 0 bridgehead atoms. The van der Waals surface area contributed by atoms with Crippen LogP contribution in [0.3, 0.4) is 0 Å². The largest absolute Gasteiger partial charge is 0.862 e. The highest BCUT2D eigenvalue weighted by molar-refractivity contribution is 7.58. The third-order valence-electron chi connectivity index (χ3n) is 8.51. The average Bonchev–Trinajstić information content (AvgIpc) is 3.13. The van der Waals surface area contributed by atoms with Crippen LogP contribution < -0.4 is 44.5 Å². The molecule has 0 fully saturated rings. The predicted molar refractivity (Wildman–Crippen MR) is 182 cm³/mol. The maximum absolute atomic E-state index is 14.0. The highest BCUT2D eigenvalue weighted by Crippen LogP contribution is 2.62. The number of hydrogen-bond acceptors (Lipinski definition) is 14. The van der Waals surface area contributed by atoms with Crippen LogP contribution in [0.25, 0.3) is 0 Å². The van der Waals surface area contributed by atoms with Gasteiger partial charge in [-0.3, -0.25) is 4.79 Å². The standard InChI is InChI=1S/C34H40F6N3O12P3/c35-32(36,56(47,48)49)26-10-1-23(2-11-26)7-16-29(44)41-19-21-43(31(46)18-9-25-5-14-28(15-6-25)34(39,40)58(53,54)55)22-20-42-30(45)17-8-24-3-12-27(13-4-24)33(37,38)57(50,51)52/h1-6,10-15H,7-9,16-22H2,(H,41,44)(H,42,45)(H2,47,48,49)(H2,50,51,52)(H2,53,54,55)/p-6. The molecule has 0 aromatic heterocycles. The molecule has 0 spiro atoms. The molecule has 0 atom stereocenters. The lowest BCUT2D eigenvalue weighted by molar-refractivity contribution is -0.449. The number of aryl methyl sites for hydroxylation is 3. The molecule has 3 aromatic carbocycles. The second-order valence-electron chi connectivity index (χ2n) is 12.7. The van der Waals surface area contributed by atoms with Crippen LogP contribution in [0, 0.1) is 0 Å². The Balaban J connectivity index is 1.63. The second kappa shape index (κ2) is 19.8. The number of carbonyl (C=O) groups is 1. The van der Waals surface area contributed by atoms with Gasteiger partial charge in [0.05, 0.1) is 29.8 Å². The molecular weight excluding hydrogens is 849 g/mol.